The number of hydrogen-bond donors (Lipinski definition) is 1. The molecule has 1 heterocycles. The molecular weight excluding hydrogens is 333 g/mol. The summed E-state index contributed by atoms with van der Waals surface area (Å²) in [5, 5.41) is 0. The number of nitrogens with two attached hydrogens (primary N) is 1. The maximum Gasteiger partial charge on any atom is 0.416 e. The van der Waals surface area contributed by atoms with Gasteiger partial charge in [-0.2, -0.15) is 13.2 Å². The summed E-state index contributed by atoms with van der Waals surface area (Å²) in [6.07, 6.45) is -3.56. The highest BCUT2D eigenvalue weighted by Gasteiger charge is 2.38. The van der Waals surface area contributed by atoms with Gasteiger partial charge in [0.15, 0.2) is 0 Å². The molecule has 4 nitrogen and oxygen atoms in total. The van der Waals surface area contributed by atoms with Crippen LogP contribution in [0.4, 0.5) is 13.2 Å². The third-order valence-corrected chi connectivity index (χ3v) is 3.83. The fraction of sp³-hybridized carbons (Fsp3) is 0.533. The van der Waals surface area contributed by atoms with E-state index in [-0.39, 0.29) is 24.9 Å². The van der Waals surface area contributed by atoms with Crippen LogP contribution in [0, 0.1) is 0 Å². The van der Waals surface area contributed by atoms with Crippen molar-refractivity contribution in [2.45, 2.75) is 31.1 Å². The van der Waals surface area contributed by atoms with E-state index in [1.54, 1.807) is 13.1 Å². The van der Waals surface area contributed by atoms with Crippen molar-refractivity contribution in [1.29, 1.82) is 0 Å². The van der Waals surface area contributed by atoms with E-state index < -0.39 is 17.3 Å². The van der Waals surface area contributed by atoms with Crippen molar-refractivity contribution < 1.29 is 22.7 Å². The molecule has 1 aromatic carbocycles. The van der Waals surface area contributed by atoms with E-state index in [9.17, 15) is 18.0 Å². The van der Waals surface area contributed by atoms with Crippen molar-refractivity contribution in [3.05, 3.63) is 35.4 Å². The lowest BCUT2D eigenvalue weighted by Gasteiger charge is -2.35. The van der Waals surface area contributed by atoms with Crippen LogP contribution in [0.1, 0.15) is 24.0 Å². The molecule has 1 aliphatic rings. The van der Waals surface area contributed by atoms with Crippen molar-refractivity contribution in [2.75, 3.05) is 20.3 Å². The number of nitrogens with zero attached hydrogens (tertiary/aromatic N) is 1. The number of carbonyl (C=O) groups is 1. The van der Waals surface area contributed by atoms with Crippen molar-refractivity contribution in [1.82, 2.24) is 4.90 Å². The van der Waals surface area contributed by atoms with Crippen LogP contribution in [0.15, 0.2) is 24.3 Å². The van der Waals surface area contributed by atoms with E-state index in [2.05, 4.69) is 0 Å². The van der Waals surface area contributed by atoms with Gasteiger partial charge in [-0.3, -0.25) is 4.79 Å². The predicted molar refractivity (Wildman–Crippen MR) is 82.1 cm³/mol. The lowest BCUT2D eigenvalue weighted by molar-refractivity contribution is -0.139. The van der Waals surface area contributed by atoms with Gasteiger partial charge < -0.3 is 15.4 Å². The minimum Gasteiger partial charge on any atom is -0.381 e. The van der Waals surface area contributed by atoms with Gasteiger partial charge in [0.2, 0.25) is 5.91 Å². The third kappa shape index (κ3) is 4.83. The van der Waals surface area contributed by atoms with Crippen molar-refractivity contribution in [3.63, 3.8) is 0 Å². The van der Waals surface area contributed by atoms with E-state index in [1.807, 2.05) is 0 Å². The standard InChI is InChI=1S/C15H19F3N2O2.ClH/c1-20(13(21)14(19)5-7-22-8-6-14)10-11-3-2-4-12(9-11)15(16,17)18;/h2-4,9H,5-8,10,19H2,1H3;1H. The van der Waals surface area contributed by atoms with Gasteiger partial charge in [0.1, 0.15) is 0 Å². The van der Waals surface area contributed by atoms with Crippen LogP contribution >= 0.6 is 12.4 Å². The second-order valence-electron chi connectivity index (χ2n) is 5.63. The first-order valence-corrected chi connectivity index (χ1v) is 7.01. The summed E-state index contributed by atoms with van der Waals surface area (Å²) in [7, 11) is 1.55. The molecule has 1 aliphatic heterocycles. The average Bonchev–Trinajstić information content (AvgIpc) is 2.46. The van der Waals surface area contributed by atoms with Gasteiger partial charge in [0.05, 0.1) is 11.1 Å². The highest BCUT2D eigenvalue weighted by Crippen LogP contribution is 2.30. The molecule has 0 unspecified atom stereocenters. The Balaban J connectivity index is 0.00000264. The van der Waals surface area contributed by atoms with Gasteiger partial charge in [-0.05, 0) is 30.5 Å². The number of ether oxygens (including phenoxy) is 1. The molecule has 0 atom stereocenters. The largest absolute Gasteiger partial charge is 0.416 e. The number of benzene rings is 1. The van der Waals surface area contributed by atoms with Crippen LogP contribution in [-0.4, -0.2) is 36.6 Å². The first-order valence-electron chi connectivity index (χ1n) is 7.01. The van der Waals surface area contributed by atoms with Crippen molar-refractivity contribution in [3.8, 4) is 0 Å². The van der Waals surface area contributed by atoms with Crippen LogP contribution in [0.3, 0.4) is 0 Å². The van der Waals surface area contributed by atoms with E-state index in [0.29, 0.717) is 31.6 Å². The quantitative estimate of drug-likeness (QED) is 0.909. The molecule has 0 aromatic heterocycles. The summed E-state index contributed by atoms with van der Waals surface area (Å²) in [6.45, 7) is 0.918. The number of amides is 1. The molecule has 1 amide bonds. The maximum atomic E-state index is 12.7. The summed E-state index contributed by atoms with van der Waals surface area (Å²) in [5.41, 5.74) is 4.81. The molecular formula is C15H20ClF3N2O2. The van der Waals surface area contributed by atoms with Crippen LogP contribution in [0.5, 0.6) is 0 Å². The molecule has 0 bridgehead atoms. The molecule has 1 fully saturated rings. The topological polar surface area (TPSA) is 55.6 Å². The molecule has 2 rings (SSSR count). The Morgan fingerprint density at radius 3 is 2.52 bits per heavy atom. The van der Waals surface area contributed by atoms with E-state index in [4.69, 9.17) is 10.5 Å². The number of alkyl halides is 3. The number of halogens is 4. The van der Waals surface area contributed by atoms with Gasteiger partial charge in [-0.1, -0.05) is 12.1 Å². The minimum atomic E-state index is -4.39. The fourth-order valence-corrected chi connectivity index (χ4v) is 2.52. The molecule has 23 heavy (non-hydrogen) atoms. The summed E-state index contributed by atoms with van der Waals surface area (Å²) in [5.74, 6) is -0.270. The second-order valence-corrected chi connectivity index (χ2v) is 5.63. The van der Waals surface area contributed by atoms with E-state index in [1.165, 1.54) is 11.0 Å². The molecule has 0 aliphatic carbocycles. The Hall–Kier alpha value is -1.31. The SMILES string of the molecule is CN(Cc1cccc(C(F)(F)F)c1)C(=O)C1(N)CCOCC1.Cl. The molecule has 0 spiro atoms. The zero-order chi connectivity index (χ0) is 16.4. The summed E-state index contributed by atoms with van der Waals surface area (Å²) in [6, 6.07) is 4.96. The minimum absolute atomic E-state index is 0. The van der Waals surface area contributed by atoms with Gasteiger partial charge in [0.25, 0.3) is 0 Å². The normalized spacial score (nSPS) is 17.3. The second kappa shape index (κ2) is 7.51. The highest BCUT2D eigenvalue weighted by atomic mass is 35.5. The molecule has 130 valence electrons. The zero-order valence-electron chi connectivity index (χ0n) is 12.7. The Labute approximate surface area is 139 Å². The monoisotopic (exact) mass is 352 g/mol. The van der Waals surface area contributed by atoms with Gasteiger partial charge in [-0.25, -0.2) is 0 Å². The molecule has 2 N–H and O–H groups in total. The van der Waals surface area contributed by atoms with Crippen LogP contribution < -0.4 is 5.73 Å². The first kappa shape index (κ1) is 19.7. The number of likely N-dealkylation sites (N-methyl/N-ethyl adjacent to an activating group) is 1. The number of rotatable bonds is 3. The lowest BCUT2D eigenvalue weighted by Crippen LogP contribution is -2.57. The molecule has 0 radical (unpaired) electrons. The lowest BCUT2D eigenvalue weighted by atomic mass is 9.89. The molecule has 0 saturated carbocycles. The molecule has 1 saturated heterocycles. The summed E-state index contributed by atoms with van der Waals surface area (Å²) >= 11 is 0. The van der Waals surface area contributed by atoms with Gasteiger partial charge in [-0.15, -0.1) is 12.4 Å². The highest BCUT2D eigenvalue weighted by molar-refractivity contribution is 5.86. The zero-order valence-corrected chi connectivity index (χ0v) is 13.5. The first-order chi connectivity index (χ1) is 10.2. The van der Waals surface area contributed by atoms with Crippen molar-refractivity contribution >= 4 is 18.3 Å². The van der Waals surface area contributed by atoms with Gasteiger partial charge >= 0.3 is 6.18 Å². The van der Waals surface area contributed by atoms with E-state index >= 15 is 0 Å². The molecule has 1 aromatic rings. The Morgan fingerprint density at radius 2 is 1.96 bits per heavy atom. The Morgan fingerprint density at radius 1 is 1.35 bits per heavy atom. The van der Waals surface area contributed by atoms with Gasteiger partial charge in [0, 0.05) is 26.8 Å². The Kier molecular flexibility index (Phi) is 6.44. The molecule has 8 heteroatoms. The summed E-state index contributed by atoms with van der Waals surface area (Å²) < 4.78 is 43.3. The smallest absolute Gasteiger partial charge is 0.381 e. The average molecular weight is 353 g/mol. The van der Waals surface area contributed by atoms with Crippen LogP contribution in [0.2, 0.25) is 0 Å². The number of carbonyl (C=O) groups excluding carboxylic acids is 1. The maximum absolute atomic E-state index is 12.7. The predicted octanol–water partition coefficient (Wildman–Crippen LogP) is 2.59. The van der Waals surface area contributed by atoms with Crippen LogP contribution in [-0.2, 0) is 22.3 Å². The van der Waals surface area contributed by atoms with Crippen molar-refractivity contribution in [2.24, 2.45) is 5.73 Å². The Bertz CT molecular complexity index is 546. The van der Waals surface area contributed by atoms with Crippen LogP contribution in [0.25, 0.3) is 0 Å². The third-order valence-electron chi connectivity index (χ3n) is 3.83. The fourth-order valence-electron chi connectivity index (χ4n) is 2.52. The number of hydrogen-bond acceptors (Lipinski definition) is 3. The summed E-state index contributed by atoms with van der Waals surface area (Å²) in [4.78, 5) is 13.8. The van der Waals surface area contributed by atoms with E-state index in [0.717, 1.165) is 12.1 Å².